The van der Waals surface area contributed by atoms with Gasteiger partial charge in [-0.25, -0.2) is 4.98 Å². The molecule has 196 valence electrons. The molecule has 4 rings (SSSR count). The van der Waals surface area contributed by atoms with Crippen LogP contribution in [0.5, 0.6) is 5.75 Å². The highest BCUT2D eigenvalue weighted by Gasteiger charge is 2.31. The van der Waals surface area contributed by atoms with Crippen molar-refractivity contribution in [3.8, 4) is 5.75 Å². The maximum absolute atomic E-state index is 13.8. The molecule has 0 saturated carbocycles. The number of allylic oxidation sites excluding steroid dienone is 2. The normalized spacial score (nSPS) is 15.5. The van der Waals surface area contributed by atoms with Crippen molar-refractivity contribution >= 4 is 28.5 Å². The van der Waals surface area contributed by atoms with E-state index >= 15 is 0 Å². The Balaban J connectivity index is 1.89. The summed E-state index contributed by atoms with van der Waals surface area (Å²) in [6, 6.07) is 6.76. The number of ether oxygens (including phenoxy) is 1. The summed E-state index contributed by atoms with van der Waals surface area (Å²) in [5.41, 5.74) is 8.33. The van der Waals surface area contributed by atoms with Gasteiger partial charge in [0.05, 0.1) is 20.0 Å². The zero-order valence-corrected chi connectivity index (χ0v) is 21.8. The Morgan fingerprint density at radius 2 is 2.08 bits per heavy atom. The number of carbonyl (C=O) groups excluding carboxylic acids is 2. The van der Waals surface area contributed by atoms with E-state index in [1.165, 1.54) is 18.0 Å². The average molecular weight is 507 g/mol. The fourth-order valence-electron chi connectivity index (χ4n) is 4.72. The molecule has 1 aliphatic rings. The third kappa shape index (κ3) is 5.29. The second-order valence-electron chi connectivity index (χ2n) is 9.55. The van der Waals surface area contributed by atoms with Crippen LogP contribution in [-0.4, -0.2) is 59.1 Å². The van der Waals surface area contributed by atoms with Crippen molar-refractivity contribution in [1.29, 1.82) is 0 Å². The average Bonchev–Trinajstić information content (AvgIpc) is 3.23. The zero-order valence-electron chi connectivity index (χ0n) is 21.8. The molecule has 3 heterocycles. The van der Waals surface area contributed by atoms with E-state index < -0.39 is 0 Å². The molecule has 1 aromatic carbocycles. The Labute approximate surface area is 215 Å². The maximum atomic E-state index is 13.8. The molecule has 0 bridgehead atoms. The Kier molecular flexibility index (Phi) is 7.77. The van der Waals surface area contributed by atoms with Gasteiger partial charge in [-0.05, 0) is 38.8 Å². The molecule has 1 fully saturated rings. The second kappa shape index (κ2) is 11.0. The van der Waals surface area contributed by atoms with Crippen LogP contribution in [0.25, 0.3) is 11.0 Å². The van der Waals surface area contributed by atoms with Gasteiger partial charge in [0.2, 0.25) is 0 Å². The lowest BCUT2D eigenvalue weighted by Crippen LogP contribution is -2.44. The lowest BCUT2D eigenvalue weighted by molar-refractivity contribution is 0.0958. The van der Waals surface area contributed by atoms with Gasteiger partial charge in [0.1, 0.15) is 28.2 Å². The number of hydrogen-bond donors (Lipinski definition) is 2. The number of hydrogen-bond acceptors (Lipinski definition) is 7. The molecule has 0 radical (unpaired) electrons. The van der Waals surface area contributed by atoms with E-state index in [-0.39, 0.29) is 35.4 Å². The van der Waals surface area contributed by atoms with Gasteiger partial charge in [-0.3, -0.25) is 19.0 Å². The largest absolute Gasteiger partial charge is 0.497 e. The number of nitrogens with one attached hydrogen (secondary N) is 1. The summed E-state index contributed by atoms with van der Waals surface area (Å²) < 4.78 is 8.35. The standard InChI is InChI=1S/C27H34N6O4/c1-17(2)10-12-33-24-23(22(25(35)29-3)26(33)31-11-6-8-19(28)14-31)30-16-32(27(24)36)15-21(34)18-7-5-9-20(13-18)37-4/h5,7,9-10,13,16,19H,6,8,11-12,14-15,28H2,1-4H3,(H,29,35). The molecule has 3 N–H and O–H groups in total. The first-order chi connectivity index (χ1) is 17.7. The molecule has 10 nitrogen and oxygen atoms in total. The van der Waals surface area contributed by atoms with Crippen LogP contribution in [0.4, 0.5) is 5.82 Å². The summed E-state index contributed by atoms with van der Waals surface area (Å²) in [4.78, 5) is 46.6. The summed E-state index contributed by atoms with van der Waals surface area (Å²) in [5.74, 6) is 0.607. The molecule has 1 atom stereocenters. The summed E-state index contributed by atoms with van der Waals surface area (Å²) >= 11 is 0. The van der Waals surface area contributed by atoms with Crippen molar-refractivity contribution in [2.45, 2.75) is 45.8 Å². The number of benzene rings is 1. The van der Waals surface area contributed by atoms with Crippen LogP contribution in [0, 0.1) is 0 Å². The molecule has 1 amide bonds. The fourth-order valence-corrected chi connectivity index (χ4v) is 4.72. The number of rotatable bonds is 8. The monoisotopic (exact) mass is 506 g/mol. The molecule has 37 heavy (non-hydrogen) atoms. The van der Waals surface area contributed by atoms with Gasteiger partial charge in [0.15, 0.2) is 5.78 Å². The first kappa shape index (κ1) is 26.2. The van der Waals surface area contributed by atoms with Gasteiger partial charge >= 0.3 is 0 Å². The van der Waals surface area contributed by atoms with Crippen molar-refractivity contribution in [2.24, 2.45) is 5.73 Å². The summed E-state index contributed by atoms with van der Waals surface area (Å²) in [6.07, 6.45) is 5.12. The van der Waals surface area contributed by atoms with E-state index in [0.29, 0.717) is 47.8 Å². The van der Waals surface area contributed by atoms with Crippen molar-refractivity contribution in [3.63, 3.8) is 0 Å². The minimum Gasteiger partial charge on any atom is -0.497 e. The fraction of sp³-hybridized carbons (Fsp3) is 0.407. The molecule has 1 aliphatic heterocycles. The van der Waals surface area contributed by atoms with Gasteiger partial charge in [0.25, 0.3) is 11.5 Å². The van der Waals surface area contributed by atoms with Crippen LogP contribution in [0.2, 0.25) is 0 Å². The van der Waals surface area contributed by atoms with Crippen LogP contribution < -0.4 is 26.2 Å². The number of ketones is 1. The van der Waals surface area contributed by atoms with Crippen LogP contribution >= 0.6 is 0 Å². The molecular weight excluding hydrogens is 472 g/mol. The molecule has 0 aliphatic carbocycles. The van der Waals surface area contributed by atoms with E-state index in [1.807, 2.05) is 24.5 Å². The van der Waals surface area contributed by atoms with Crippen molar-refractivity contribution in [2.75, 3.05) is 32.1 Å². The quantitative estimate of drug-likeness (QED) is 0.355. The highest BCUT2D eigenvalue weighted by molar-refractivity contribution is 6.10. The smallest absolute Gasteiger partial charge is 0.278 e. The third-order valence-corrected chi connectivity index (χ3v) is 6.60. The van der Waals surface area contributed by atoms with Gasteiger partial charge < -0.3 is 25.3 Å². The Morgan fingerprint density at radius 1 is 1.30 bits per heavy atom. The molecular formula is C27H34N6O4. The topological polar surface area (TPSA) is 124 Å². The van der Waals surface area contributed by atoms with Crippen LogP contribution in [0.1, 0.15) is 47.4 Å². The molecule has 3 aromatic rings. The van der Waals surface area contributed by atoms with Gasteiger partial charge in [0, 0.05) is 38.3 Å². The van der Waals surface area contributed by atoms with Gasteiger partial charge in [-0.2, -0.15) is 0 Å². The van der Waals surface area contributed by atoms with E-state index in [1.54, 1.807) is 31.3 Å². The molecule has 2 aromatic heterocycles. The zero-order chi connectivity index (χ0) is 26.7. The molecule has 1 saturated heterocycles. The highest BCUT2D eigenvalue weighted by atomic mass is 16.5. The van der Waals surface area contributed by atoms with E-state index in [9.17, 15) is 14.4 Å². The number of anilines is 1. The Morgan fingerprint density at radius 3 is 2.76 bits per heavy atom. The van der Waals surface area contributed by atoms with Gasteiger partial charge in [-0.1, -0.05) is 23.8 Å². The van der Waals surface area contributed by atoms with Crippen molar-refractivity contribution < 1.29 is 14.3 Å². The SMILES string of the molecule is CNC(=O)c1c(N2CCCC(N)C2)n(CC=C(C)C)c2c(=O)n(CC(=O)c3cccc(OC)c3)cnc12. The predicted molar refractivity (Wildman–Crippen MR) is 144 cm³/mol. The highest BCUT2D eigenvalue weighted by Crippen LogP contribution is 2.32. The van der Waals surface area contributed by atoms with Crippen molar-refractivity contribution in [3.05, 3.63) is 63.7 Å². The lowest BCUT2D eigenvalue weighted by Gasteiger charge is -2.33. The summed E-state index contributed by atoms with van der Waals surface area (Å²) in [5, 5.41) is 2.70. The minimum absolute atomic E-state index is 0.0358. The van der Waals surface area contributed by atoms with Crippen LogP contribution in [0.3, 0.4) is 0 Å². The number of aromatic nitrogens is 3. The number of nitrogens with two attached hydrogens (primary N) is 1. The molecule has 10 heteroatoms. The van der Waals surface area contributed by atoms with Crippen LogP contribution in [-0.2, 0) is 13.1 Å². The number of methoxy groups -OCH3 is 1. The van der Waals surface area contributed by atoms with Crippen LogP contribution in [0.15, 0.2) is 47.0 Å². The summed E-state index contributed by atoms with van der Waals surface area (Å²) in [6.45, 7) is 5.42. The minimum atomic E-state index is -0.388. The first-order valence-corrected chi connectivity index (χ1v) is 12.4. The lowest BCUT2D eigenvalue weighted by atomic mass is 10.1. The third-order valence-electron chi connectivity index (χ3n) is 6.60. The number of Topliss-reactive ketones (excluding diaryl/α,β-unsaturated/α-hetero) is 1. The summed E-state index contributed by atoms with van der Waals surface area (Å²) in [7, 11) is 3.09. The molecule has 1 unspecified atom stereocenters. The van der Waals surface area contributed by atoms with E-state index in [2.05, 4.69) is 15.2 Å². The predicted octanol–water partition coefficient (Wildman–Crippen LogP) is 2.34. The van der Waals surface area contributed by atoms with Gasteiger partial charge in [-0.15, -0.1) is 0 Å². The number of piperidine rings is 1. The van der Waals surface area contributed by atoms with E-state index in [4.69, 9.17) is 10.5 Å². The number of amides is 1. The number of fused-ring (bicyclic) bond motifs is 1. The van der Waals surface area contributed by atoms with E-state index in [0.717, 1.165) is 18.4 Å². The second-order valence-corrected chi connectivity index (χ2v) is 9.55. The Hall–Kier alpha value is -3.92. The Bertz CT molecular complexity index is 1420. The molecule has 0 spiro atoms. The maximum Gasteiger partial charge on any atom is 0.278 e. The first-order valence-electron chi connectivity index (χ1n) is 12.4. The number of nitrogens with zero attached hydrogens (tertiary/aromatic N) is 4. The van der Waals surface area contributed by atoms with Crippen molar-refractivity contribution in [1.82, 2.24) is 19.4 Å². The number of carbonyl (C=O) groups is 2.